The van der Waals surface area contributed by atoms with Gasteiger partial charge in [0.1, 0.15) is 5.75 Å². The maximum atomic E-state index is 13.3. The Morgan fingerprint density at radius 2 is 1.75 bits per heavy atom. The number of hydrogen-bond donors (Lipinski definition) is 1. The number of pyridine rings is 1. The van der Waals surface area contributed by atoms with Crippen LogP contribution in [-0.4, -0.2) is 24.0 Å². The van der Waals surface area contributed by atoms with E-state index in [0.29, 0.717) is 0 Å². The molecule has 0 saturated heterocycles. The van der Waals surface area contributed by atoms with Crippen LogP contribution in [0.4, 0.5) is 0 Å². The highest BCUT2D eigenvalue weighted by Gasteiger charge is 2.22. The molecule has 1 amide bonds. The van der Waals surface area contributed by atoms with E-state index in [9.17, 15) is 4.79 Å². The lowest BCUT2D eigenvalue weighted by atomic mass is 9.93. The quantitative estimate of drug-likeness (QED) is 0.676. The van der Waals surface area contributed by atoms with Crippen LogP contribution < -0.4 is 10.1 Å². The molecule has 1 aliphatic rings. The topological polar surface area (TPSA) is 51.2 Å². The minimum Gasteiger partial charge on any atom is -0.497 e. The fourth-order valence-electron chi connectivity index (χ4n) is 4.13. The molecule has 4 nitrogen and oxygen atoms in total. The number of para-hydroxylation sites is 1. The summed E-state index contributed by atoms with van der Waals surface area (Å²) in [5.41, 5.74) is 4.32. The van der Waals surface area contributed by atoms with Crippen LogP contribution in [0, 0.1) is 6.92 Å². The minimum absolute atomic E-state index is 0.0118. The van der Waals surface area contributed by atoms with Gasteiger partial charge in [-0.3, -0.25) is 4.79 Å². The molecule has 28 heavy (non-hydrogen) atoms. The summed E-state index contributed by atoms with van der Waals surface area (Å²) in [6.07, 6.45) is 5.79. The number of carbonyl (C=O) groups excluding carboxylic acids is 1. The molecule has 0 aliphatic heterocycles. The second kappa shape index (κ2) is 8.01. The van der Waals surface area contributed by atoms with E-state index in [2.05, 4.69) is 5.32 Å². The number of methoxy groups -OCH3 is 1. The number of amides is 1. The normalized spacial score (nSPS) is 14.8. The molecule has 0 bridgehead atoms. The van der Waals surface area contributed by atoms with E-state index in [-0.39, 0.29) is 11.9 Å². The first-order valence-corrected chi connectivity index (χ1v) is 10.0. The Labute approximate surface area is 165 Å². The van der Waals surface area contributed by atoms with Gasteiger partial charge in [-0.2, -0.15) is 0 Å². The van der Waals surface area contributed by atoms with Gasteiger partial charge in [0.2, 0.25) is 0 Å². The van der Waals surface area contributed by atoms with Crippen molar-refractivity contribution in [2.75, 3.05) is 7.11 Å². The maximum absolute atomic E-state index is 13.3. The van der Waals surface area contributed by atoms with Gasteiger partial charge < -0.3 is 10.1 Å². The highest BCUT2D eigenvalue weighted by atomic mass is 16.5. The van der Waals surface area contributed by atoms with Crippen LogP contribution in [0.2, 0.25) is 0 Å². The number of nitrogens with one attached hydrogen (secondary N) is 1. The average molecular weight is 374 g/mol. The number of aromatic nitrogens is 1. The summed E-state index contributed by atoms with van der Waals surface area (Å²) in [6.45, 7) is 1.99. The molecule has 0 radical (unpaired) electrons. The first kappa shape index (κ1) is 18.5. The predicted octanol–water partition coefficient (Wildman–Crippen LogP) is 5.28. The Balaban J connectivity index is 1.79. The van der Waals surface area contributed by atoms with Gasteiger partial charge in [0.25, 0.3) is 5.91 Å². The van der Waals surface area contributed by atoms with Crippen molar-refractivity contribution < 1.29 is 9.53 Å². The van der Waals surface area contributed by atoms with Crippen molar-refractivity contribution in [2.45, 2.75) is 45.1 Å². The van der Waals surface area contributed by atoms with Gasteiger partial charge in [-0.15, -0.1) is 0 Å². The Kier molecular flexibility index (Phi) is 5.29. The van der Waals surface area contributed by atoms with Gasteiger partial charge in [0, 0.05) is 17.0 Å². The van der Waals surface area contributed by atoms with E-state index >= 15 is 0 Å². The summed E-state index contributed by atoms with van der Waals surface area (Å²) < 4.78 is 5.27. The number of ether oxygens (including phenoxy) is 1. The number of rotatable bonds is 4. The second-order valence-electron chi connectivity index (χ2n) is 7.51. The lowest BCUT2D eigenvalue weighted by molar-refractivity contribution is 0.0929. The van der Waals surface area contributed by atoms with Gasteiger partial charge in [0.05, 0.1) is 23.9 Å². The molecule has 1 fully saturated rings. The summed E-state index contributed by atoms with van der Waals surface area (Å²) in [5.74, 6) is 0.815. The molecule has 0 spiro atoms. The Morgan fingerprint density at radius 3 is 2.46 bits per heavy atom. The third-order valence-electron chi connectivity index (χ3n) is 5.67. The lowest BCUT2D eigenvalue weighted by Crippen LogP contribution is -2.36. The summed E-state index contributed by atoms with van der Waals surface area (Å²) in [4.78, 5) is 18.1. The fraction of sp³-hybridized carbons (Fsp3) is 0.333. The molecule has 1 aliphatic carbocycles. The minimum atomic E-state index is 0.0118. The largest absolute Gasteiger partial charge is 0.497 e. The highest BCUT2D eigenvalue weighted by molar-refractivity contribution is 6.09. The second-order valence-corrected chi connectivity index (χ2v) is 7.51. The number of fused-ring (bicyclic) bond motifs is 1. The fourth-order valence-corrected chi connectivity index (χ4v) is 4.13. The van der Waals surface area contributed by atoms with Crippen LogP contribution >= 0.6 is 0 Å². The van der Waals surface area contributed by atoms with Gasteiger partial charge >= 0.3 is 0 Å². The number of benzene rings is 2. The first-order valence-electron chi connectivity index (χ1n) is 10.0. The van der Waals surface area contributed by atoms with Crippen molar-refractivity contribution in [2.24, 2.45) is 0 Å². The zero-order valence-electron chi connectivity index (χ0n) is 16.5. The van der Waals surface area contributed by atoms with E-state index in [1.165, 1.54) is 19.3 Å². The SMILES string of the molecule is COc1ccc(-c2nc3ccccc3c(C(=O)NC3CCCCC3)c2C)cc1. The van der Waals surface area contributed by atoms with Crippen LogP contribution in [0.25, 0.3) is 22.2 Å². The first-order chi connectivity index (χ1) is 13.7. The summed E-state index contributed by atoms with van der Waals surface area (Å²) >= 11 is 0. The molecule has 1 heterocycles. The zero-order chi connectivity index (χ0) is 19.5. The number of nitrogens with zero attached hydrogens (tertiary/aromatic N) is 1. The van der Waals surface area contributed by atoms with Crippen LogP contribution in [0.3, 0.4) is 0 Å². The van der Waals surface area contributed by atoms with Crippen molar-refractivity contribution in [1.82, 2.24) is 10.3 Å². The zero-order valence-corrected chi connectivity index (χ0v) is 16.5. The van der Waals surface area contributed by atoms with Gasteiger partial charge in [-0.25, -0.2) is 4.98 Å². The smallest absolute Gasteiger partial charge is 0.252 e. The summed E-state index contributed by atoms with van der Waals surface area (Å²) in [7, 11) is 1.65. The Hall–Kier alpha value is -2.88. The Morgan fingerprint density at radius 1 is 1.04 bits per heavy atom. The Bertz CT molecular complexity index is 989. The summed E-state index contributed by atoms with van der Waals surface area (Å²) in [6, 6.07) is 16.0. The van der Waals surface area contributed by atoms with E-state index in [4.69, 9.17) is 9.72 Å². The molecule has 4 heteroatoms. The molecule has 2 aromatic carbocycles. The maximum Gasteiger partial charge on any atom is 0.252 e. The molecule has 1 aromatic heterocycles. The van der Waals surface area contributed by atoms with Gasteiger partial charge in [-0.05, 0) is 55.7 Å². The molecule has 0 unspecified atom stereocenters. The standard InChI is InChI=1S/C24H26N2O2/c1-16-22(24(27)25-18-8-4-3-5-9-18)20-10-6-7-11-21(20)26-23(16)17-12-14-19(28-2)15-13-17/h6-7,10-15,18H,3-5,8-9H2,1-2H3,(H,25,27). The van der Waals surface area contributed by atoms with E-state index in [0.717, 1.165) is 51.9 Å². The molecule has 1 saturated carbocycles. The van der Waals surface area contributed by atoms with Gasteiger partial charge in [-0.1, -0.05) is 37.5 Å². The van der Waals surface area contributed by atoms with Crippen molar-refractivity contribution in [3.63, 3.8) is 0 Å². The molecule has 1 N–H and O–H groups in total. The lowest BCUT2D eigenvalue weighted by Gasteiger charge is -2.24. The molecule has 144 valence electrons. The van der Waals surface area contributed by atoms with E-state index < -0.39 is 0 Å². The molecule has 0 atom stereocenters. The van der Waals surface area contributed by atoms with Crippen molar-refractivity contribution in [3.05, 3.63) is 59.7 Å². The van der Waals surface area contributed by atoms with Gasteiger partial charge in [0.15, 0.2) is 0 Å². The van der Waals surface area contributed by atoms with Crippen molar-refractivity contribution in [3.8, 4) is 17.0 Å². The average Bonchev–Trinajstić information content (AvgIpc) is 2.74. The third kappa shape index (κ3) is 3.59. The summed E-state index contributed by atoms with van der Waals surface area (Å²) in [5, 5.41) is 4.19. The number of hydrogen-bond acceptors (Lipinski definition) is 3. The molecular formula is C24H26N2O2. The number of carbonyl (C=O) groups is 1. The van der Waals surface area contributed by atoms with Crippen LogP contribution in [0.1, 0.15) is 48.0 Å². The predicted molar refractivity (Wildman–Crippen MR) is 113 cm³/mol. The van der Waals surface area contributed by atoms with E-state index in [1.54, 1.807) is 7.11 Å². The molecule has 3 aromatic rings. The molecule has 4 rings (SSSR count). The third-order valence-corrected chi connectivity index (χ3v) is 5.67. The van der Waals surface area contributed by atoms with E-state index in [1.807, 2.05) is 55.5 Å². The van der Waals surface area contributed by atoms with Crippen molar-refractivity contribution >= 4 is 16.8 Å². The highest BCUT2D eigenvalue weighted by Crippen LogP contribution is 2.31. The monoisotopic (exact) mass is 374 g/mol. The van der Waals surface area contributed by atoms with Crippen LogP contribution in [-0.2, 0) is 0 Å². The van der Waals surface area contributed by atoms with Crippen LogP contribution in [0.15, 0.2) is 48.5 Å². The van der Waals surface area contributed by atoms with Crippen LogP contribution in [0.5, 0.6) is 5.75 Å². The van der Waals surface area contributed by atoms with Crippen molar-refractivity contribution in [1.29, 1.82) is 0 Å². The molecular weight excluding hydrogens is 348 g/mol.